The standard InChI is InChI=1S/C10H9BrN2O3/c1-15-8-3-2-7(12-13-8)9(14)10-6(11)4-5-16-10/h2-5,9,14H,1H3. The van der Waals surface area contributed by atoms with Crippen molar-refractivity contribution in [1.82, 2.24) is 10.2 Å². The van der Waals surface area contributed by atoms with Gasteiger partial charge in [-0.3, -0.25) is 0 Å². The van der Waals surface area contributed by atoms with Crippen LogP contribution in [0.2, 0.25) is 0 Å². The van der Waals surface area contributed by atoms with Crippen molar-refractivity contribution in [2.75, 3.05) is 7.11 Å². The van der Waals surface area contributed by atoms with Gasteiger partial charge in [0.25, 0.3) is 0 Å². The van der Waals surface area contributed by atoms with Crippen LogP contribution in [-0.2, 0) is 0 Å². The SMILES string of the molecule is COc1ccc(C(O)c2occc2Br)nn1. The maximum absolute atomic E-state index is 9.96. The van der Waals surface area contributed by atoms with Crippen molar-refractivity contribution in [3.05, 3.63) is 40.4 Å². The van der Waals surface area contributed by atoms with Gasteiger partial charge in [0.1, 0.15) is 0 Å². The first-order valence-electron chi connectivity index (χ1n) is 4.51. The van der Waals surface area contributed by atoms with E-state index in [4.69, 9.17) is 9.15 Å². The molecule has 6 heteroatoms. The first-order valence-corrected chi connectivity index (χ1v) is 5.30. The predicted octanol–water partition coefficient (Wildman–Crippen LogP) is 1.92. The van der Waals surface area contributed by atoms with Crippen LogP contribution in [0.3, 0.4) is 0 Å². The van der Waals surface area contributed by atoms with Crippen LogP contribution in [-0.4, -0.2) is 22.4 Å². The summed E-state index contributed by atoms with van der Waals surface area (Å²) >= 11 is 3.27. The zero-order chi connectivity index (χ0) is 11.5. The summed E-state index contributed by atoms with van der Waals surface area (Å²) in [4.78, 5) is 0. The lowest BCUT2D eigenvalue weighted by molar-refractivity contribution is 0.182. The molecule has 0 bridgehead atoms. The fourth-order valence-corrected chi connectivity index (χ4v) is 1.64. The number of ether oxygens (including phenoxy) is 1. The third-order valence-corrected chi connectivity index (χ3v) is 2.70. The monoisotopic (exact) mass is 284 g/mol. The molecule has 5 nitrogen and oxygen atoms in total. The Morgan fingerprint density at radius 2 is 2.19 bits per heavy atom. The Balaban J connectivity index is 2.27. The van der Waals surface area contributed by atoms with Gasteiger partial charge in [0, 0.05) is 6.07 Å². The van der Waals surface area contributed by atoms with Crippen molar-refractivity contribution in [2.24, 2.45) is 0 Å². The van der Waals surface area contributed by atoms with Gasteiger partial charge in [-0.05, 0) is 28.1 Å². The van der Waals surface area contributed by atoms with Crippen LogP contribution in [0.1, 0.15) is 17.6 Å². The van der Waals surface area contributed by atoms with E-state index in [-0.39, 0.29) is 0 Å². The molecule has 1 atom stereocenters. The number of furan rings is 1. The highest BCUT2D eigenvalue weighted by molar-refractivity contribution is 9.10. The molecule has 16 heavy (non-hydrogen) atoms. The summed E-state index contributed by atoms with van der Waals surface area (Å²) < 4.78 is 10.7. The van der Waals surface area contributed by atoms with Gasteiger partial charge < -0.3 is 14.3 Å². The van der Waals surface area contributed by atoms with E-state index in [0.29, 0.717) is 21.8 Å². The molecule has 2 heterocycles. The molecule has 2 aromatic rings. The summed E-state index contributed by atoms with van der Waals surface area (Å²) in [6, 6.07) is 4.96. The topological polar surface area (TPSA) is 68.4 Å². The van der Waals surface area contributed by atoms with Gasteiger partial charge in [0.2, 0.25) is 5.88 Å². The van der Waals surface area contributed by atoms with Gasteiger partial charge >= 0.3 is 0 Å². The van der Waals surface area contributed by atoms with E-state index < -0.39 is 6.10 Å². The minimum Gasteiger partial charge on any atom is -0.480 e. The summed E-state index contributed by atoms with van der Waals surface area (Å²) in [6.07, 6.45) is 0.544. The summed E-state index contributed by atoms with van der Waals surface area (Å²) in [5.74, 6) is 0.800. The zero-order valence-electron chi connectivity index (χ0n) is 8.42. The van der Waals surface area contributed by atoms with Crippen LogP contribution in [0.4, 0.5) is 0 Å². The highest BCUT2D eigenvalue weighted by Gasteiger charge is 2.18. The average molecular weight is 285 g/mol. The molecule has 0 fully saturated rings. The van der Waals surface area contributed by atoms with Crippen molar-refractivity contribution < 1.29 is 14.3 Å². The van der Waals surface area contributed by atoms with E-state index in [9.17, 15) is 5.11 Å². The van der Waals surface area contributed by atoms with Gasteiger partial charge in [0.05, 0.1) is 23.5 Å². The molecule has 0 aliphatic rings. The Labute approximate surface area is 100 Å². The highest BCUT2D eigenvalue weighted by Crippen LogP contribution is 2.28. The van der Waals surface area contributed by atoms with Crippen molar-refractivity contribution in [3.63, 3.8) is 0 Å². The molecule has 0 saturated heterocycles. The number of halogens is 1. The number of aromatic nitrogens is 2. The summed E-state index contributed by atoms with van der Waals surface area (Å²) in [5, 5.41) is 17.6. The smallest absolute Gasteiger partial charge is 0.233 e. The molecule has 0 aromatic carbocycles. The lowest BCUT2D eigenvalue weighted by Crippen LogP contribution is -2.03. The second kappa shape index (κ2) is 4.63. The van der Waals surface area contributed by atoms with Crippen LogP contribution in [0.15, 0.2) is 33.4 Å². The van der Waals surface area contributed by atoms with Crippen LogP contribution < -0.4 is 4.74 Å². The molecule has 0 radical (unpaired) electrons. The number of methoxy groups -OCH3 is 1. The van der Waals surface area contributed by atoms with Gasteiger partial charge in [-0.2, -0.15) is 0 Å². The molecule has 1 unspecified atom stereocenters. The lowest BCUT2D eigenvalue weighted by atomic mass is 10.2. The summed E-state index contributed by atoms with van der Waals surface area (Å²) in [5.41, 5.74) is 0.399. The van der Waals surface area contributed by atoms with Gasteiger partial charge in [-0.15, -0.1) is 10.2 Å². The predicted molar refractivity (Wildman–Crippen MR) is 59.1 cm³/mol. The van der Waals surface area contributed by atoms with E-state index in [1.807, 2.05) is 0 Å². The number of rotatable bonds is 3. The second-order valence-corrected chi connectivity index (χ2v) is 3.89. The van der Waals surface area contributed by atoms with Crippen LogP contribution in [0.5, 0.6) is 5.88 Å². The average Bonchev–Trinajstić information content (AvgIpc) is 2.75. The third kappa shape index (κ3) is 2.07. The van der Waals surface area contributed by atoms with E-state index in [1.165, 1.54) is 13.4 Å². The molecule has 1 N–H and O–H groups in total. The van der Waals surface area contributed by atoms with Gasteiger partial charge in [-0.25, -0.2) is 0 Å². The molecule has 2 rings (SSSR count). The van der Waals surface area contributed by atoms with E-state index in [2.05, 4.69) is 26.1 Å². The maximum atomic E-state index is 9.96. The number of aliphatic hydroxyl groups is 1. The quantitative estimate of drug-likeness (QED) is 0.933. The Bertz CT molecular complexity index is 469. The van der Waals surface area contributed by atoms with E-state index in [1.54, 1.807) is 18.2 Å². The number of aliphatic hydroxyl groups excluding tert-OH is 1. The molecule has 2 aromatic heterocycles. The zero-order valence-corrected chi connectivity index (χ0v) is 10.0. The Kier molecular flexibility index (Phi) is 3.21. The first-order chi connectivity index (χ1) is 7.72. The molecular weight excluding hydrogens is 276 g/mol. The van der Waals surface area contributed by atoms with E-state index in [0.717, 1.165) is 0 Å². The minimum atomic E-state index is -0.942. The van der Waals surface area contributed by atoms with Gasteiger partial charge in [-0.1, -0.05) is 0 Å². The van der Waals surface area contributed by atoms with Crippen LogP contribution in [0, 0.1) is 0 Å². The van der Waals surface area contributed by atoms with Crippen LogP contribution in [0.25, 0.3) is 0 Å². The fourth-order valence-electron chi connectivity index (χ4n) is 1.22. The Morgan fingerprint density at radius 1 is 1.38 bits per heavy atom. The maximum Gasteiger partial charge on any atom is 0.233 e. The Hall–Kier alpha value is -1.40. The molecule has 0 aliphatic carbocycles. The minimum absolute atomic E-state index is 0.398. The Morgan fingerprint density at radius 3 is 2.69 bits per heavy atom. The number of nitrogens with zero attached hydrogens (tertiary/aromatic N) is 2. The molecular formula is C10H9BrN2O3. The molecule has 84 valence electrons. The van der Waals surface area contributed by atoms with Crippen LogP contribution >= 0.6 is 15.9 Å². The second-order valence-electron chi connectivity index (χ2n) is 3.04. The third-order valence-electron chi connectivity index (χ3n) is 2.04. The van der Waals surface area contributed by atoms with Crippen molar-refractivity contribution in [3.8, 4) is 5.88 Å². The van der Waals surface area contributed by atoms with Crippen molar-refractivity contribution in [1.29, 1.82) is 0 Å². The molecule has 0 saturated carbocycles. The van der Waals surface area contributed by atoms with Crippen molar-refractivity contribution >= 4 is 15.9 Å². The molecule has 0 aliphatic heterocycles. The number of hydrogen-bond donors (Lipinski definition) is 1. The summed E-state index contributed by atoms with van der Waals surface area (Å²) in [6.45, 7) is 0. The first kappa shape index (κ1) is 11.1. The van der Waals surface area contributed by atoms with Crippen molar-refractivity contribution in [2.45, 2.75) is 6.10 Å². The molecule has 0 amide bonds. The lowest BCUT2D eigenvalue weighted by Gasteiger charge is -2.07. The molecule has 0 spiro atoms. The summed E-state index contributed by atoms with van der Waals surface area (Å²) in [7, 11) is 1.50. The van der Waals surface area contributed by atoms with E-state index >= 15 is 0 Å². The largest absolute Gasteiger partial charge is 0.480 e. The van der Waals surface area contributed by atoms with Gasteiger partial charge in [0.15, 0.2) is 11.9 Å². The normalized spacial score (nSPS) is 12.4. The fraction of sp³-hybridized carbons (Fsp3) is 0.200. The number of hydrogen-bond acceptors (Lipinski definition) is 5. The highest BCUT2D eigenvalue weighted by atomic mass is 79.9.